The molecule has 0 aliphatic carbocycles. The van der Waals surface area contributed by atoms with Crippen molar-refractivity contribution >= 4 is 39.0 Å². The smallest absolute Gasteiger partial charge is 0.234 e. The van der Waals surface area contributed by atoms with Crippen molar-refractivity contribution < 1.29 is 18.0 Å². The Hall–Kier alpha value is -1.34. The number of ketones is 1. The van der Waals surface area contributed by atoms with Crippen LogP contribution >= 0.6 is 11.8 Å². The van der Waals surface area contributed by atoms with Gasteiger partial charge in [0.25, 0.3) is 0 Å². The lowest BCUT2D eigenvalue weighted by Crippen LogP contribution is -2.17. The molecule has 1 aromatic carbocycles. The van der Waals surface area contributed by atoms with Gasteiger partial charge in [-0.05, 0) is 25.5 Å². The van der Waals surface area contributed by atoms with E-state index in [4.69, 9.17) is 0 Å². The number of carbonyl (C=O) groups excluding carboxylic acids is 2. The average molecular weight is 327 g/mol. The van der Waals surface area contributed by atoms with Gasteiger partial charge < -0.3 is 5.32 Å². The van der Waals surface area contributed by atoms with Crippen LogP contribution in [0.5, 0.6) is 0 Å². The van der Waals surface area contributed by atoms with E-state index < -0.39 is 9.84 Å². The Morgan fingerprint density at radius 2 is 2.14 bits per heavy atom. The van der Waals surface area contributed by atoms with Gasteiger partial charge in [-0.15, -0.1) is 11.8 Å². The molecule has 5 nitrogen and oxygen atoms in total. The quantitative estimate of drug-likeness (QED) is 0.833. The average Bonchev–Trinajstić information content (AvgIpc) is 2.76. The van der Waals surface area contributed by atoms with E-state index in [1.807, 2.05) is 0 Å². The molecule has 1 aromatic rings. The Kier molecular flexibility index (Phi) is 5.05. The zero-order chi connectivity index (χ0) is 15.5. The van der Waals surface area contributed by atoms with Crippen molar-refractivity contribution in [3.63, 3.8) is 0 Å². The molecular weight excluding hydrogens is 310 g/mol. The number of benzene rings is 1. The van der Waals surface area contributed by atoms with Crippen LogP contribution in [0.15, 0.2) is 24.3 Å². The van der Waals surface area contributed by atoms with Gasteiger partial charge in [0, 0.05) is 16.5 Å². The number of sulfone groups is 1. The van der Waals surface area contributed by atoms with Crippen LogP contribution in [-0.2, 0) is 14.6 Å². The summed E-state index contributed by atoms with van der Waals surface area (Å²) in [6, 6.07) is 6.75. The topological polar surface area (TPSA) is 80.3 Å². The number of Topliss-reactive ketones (excluding diaryl/α,β-unsaturated/α-hetero) is 1. The maximum absolute atomic E-state index is 11.8. The molecule has 1 saturated heterocycles. The standard InChI is InChI=1S/C14H17NO4S2/c1-10(16)11-3-2-4-12(7-11)15-14(17)8-20-13-5-6-21(18,19)9-13/h2-4,7,13H,5-6,8-9H2,1H3,(H,15,17)/t13-/m1/s1. The fourth-order valence-corrected chi connectivity index (χ4v) is 5.54. The Balaban J connectivity index is 1.85. The van der Waals surface area contributed by atoms with E-state index >= 15 is 0 Å². The normalized spacial score (nSPS) is 20.1. The number of hydrogen-bond acceptors (Lipinski definition) is 5. The van der Waals surface area contributed by atoms with Gasteiger partial charge in [0.05, 0.1) is 17.3 Å². The van der Waals surface area contributed by atoms with Crippen LogP contribution in [0.1, 0.15) is 23.7 Å². The maximum Gasteiger partial charge on any atom is 0.234 e. The molecule has 0 saturated carbocycles. The van der Waals surface area contributed by atoms with Gasteiger partial charge >= 0.3 is 0 Å². The highest BCUT2D eigenvalue weighted by Crippen LogP contribution is 2.24. The van der Waals surface area contributed by atoms with Crippen LogP contribution in [0, 0.1) is 0 Å². The second-order valence-electron chi connectivity index (χ2n) is 5.02. The summed E-state index contributed by atoms with van der Waals surface area (Å²) in [5.74, 6) is 0.337. The number of rotatable bonds is 5. The molecular formula is C14H17NO4S2. The largest absolute Gasteiger partial charge is 0.325 e. The van der Waals surface area contributed by atoms with Crippen LogP contribution in [-0.4, -0.2) is 42.6 Å². The van der Waals surface area contributed by atoms with E-state index in [1.54, 1.807) is 24.3 Å². The lowest BCUT2D eigenvalue weighted by atomic mass is 10.1. The summed E-state index contributed by atoms with van der Waals surface area (Å²) >= 11 is 1.37. The minimum Gasteiger partial charge on any atom is -0.325 e. The highest BCUT2D eigenvalue weighted by atomic mass is 32.2. The van der Waals surface area contributed by atoms with Crippen LogP contribution in [0.25, 0.3) is 0 Å². The molecule has 0 aromatic heterocycles. The Labute approximate surface area is 128 Å². The summed E-state index contributed by atoms with van der Waals surface area (Å²) in [4.78, 5) is 23.1. The molecule has 0 radical (unpaired) electrons. The minimum atomic E-state index is -2.91. The number of carbonyl (C=O) groups is 2. The van der Waals surface area contributed by atoms with Crippen molar-refractivity contribution in [1.82, 2.24) is 0 Å². The van der Waals surface area contributed by atoms with Gasteiger partial charge in [-0.2, -0.15) is 0 Å². The number of hydrogen-bond donors (Lipinski definition) is 1. The van der Waals surface area contributed by atoms with Crippen molar-refractivity contribution in [3.8, 4) is 0 Å². The first kappa shape index (κ1) is 16.0. The van der Waals surface area contributed by atoms with E-state index in [-0.39, 0.29) is 34.2 Å². The highest BCUT2D eigenvalue weighted by Gasteiger charge is 2.28. The van der Waals surface area contributed by atoms with Crippen molar-refractivity contribution in [1.29, 1.82) is 0 Å². The van der Waals surface area contributed by atoms with Crippen molar-refractivity contribution in [2.45, 2.75) is 18.6 Å². The molecule has 1 fully saturated rings. The number of thioether (sulfide) groups is 1. The molecule has 0 unspecified atom stereocenters. The number of anilines is 1. The van der Waals surface area contributed by atoms with E-state index in [0.717, 1.165) is 0 Å². The van der Waals surface area contributed by atoms with E-state index in [0.29, 0.717) is 17.7 Å². The van der Waals surface area contributed by atoms with Gasteiger partial charge in [0.2, 0.25) is 5.91 Å². The lowest BCUT2D eigenvalue weighted by Gasteiger charge is -2.09. The fraction of sp³-hybridized carbons (Fsp3) is 0.429. The molecule has 21 heavy (non-hydrogen) atoms. The second kappa shape index (κ2) is 6.62. The molecule has 0 spiro atoms. The zero-order valence-corrected chi connectivity index (χ0v) is 13.3. The zero-order valence-electron chi connectivity index (χ0n) is 11.7. The first-order valence-electron chi connectivity index (χ1n) is 6.58. The summed E-state index contributed by atoms with van der Waals surface area (Å²) in [5.41, 5.74) is 1.12. The fourth-order valence-electron chi connectivity index (χ4n) is 2.10. The van der Waals surface area contributed by atoms with Crippen LogP contribution in [0.2, 0.25) is 0 Å². The predicted molar refractivity (Wildman–Crippen MR) is 84.6 cm³/mol. The first-order valence-corrected chi connectivity index (χ1v) is 9.45. The SMILES string of the molecule is CC(=O)c1cccc(NC(=O)CS[C@@H]2CCS(=O)(=O)C2)c1. The van der Waals surface area contributed by atoms with E-state index in [1.165, 1.54) is 18.7 Å². The summed E-state index contributed by atoms with van der Waals surface area (Å²) in [6.45, 7) is 1.47. The Morgan fingerprint density at radius 1 is 1.38 bits per heavy atom. The molecule has 1 atom stereocenters. The third kappa shape index (κ3) is 4.86. The molecule has 1 amide bonds. The lowest BCUT2D eigenvalue weighted by molar-refractivity contribution is -0.113. The van der Waals surface area contributed by atoms with Crippen LogP contribution < -0.4 is 5.32 Å². The molecule has 1 N–H and O–H groups in total. The second-order valence-corrected chi connectivity index (χ2v) is 8.54. The minimum absolute atomic E-state index is 0.00399. The third-order valence-corrected chi connectivity index (χ3v) is 6.48. The third-order valence-electron chi connectivity index (χ3n) is 3.19. The van der Waals surface area contributed by atoms with Gasteiger partial charge in [-0.1, -0.05) is 12.1 Å². The summed E-state index contributed by atoms with van der Waals surface area (Å²) < 4.78 is 22.7. The molecule has 1 heterocycles. The molecule has 1 aliphatic rings. The molecule has 1 aliphatic heterocycles. The number of nitrogens with one attached hydrogen (secondary N) is 1. The molecule has 0 bridgehead atoms. The van der Waals surface area contributed by atoms with Gasteiger partial charge in [-0.25, -0.2) is 8.42 Å². The first-order chi connectivity index (χ1) is 9.85. The summed E-state index contributed by atoms with van der Waals surface area (Å²) in [6.07, 6.45) is 0.611. The number of amides is 1. The van der Waals surface area contributed by atoms with Gasteiger partial charge in [0.15, 0.2) is 15.6 Å². The van der Waals surface area contributed by atoms with E-state index in [2.05, 4.69) is 5.32 Å². The monoisotopic (exact) mass is 327 g/mol. The van der Waals surface area contributed by atoms with Crippen molar-refractivity contribution in [2.24, 2.45) is 0 Å². The van der Waals surface area contributed by atoms with Crippen molar-refractivity contribution in [2.75, 3.05) is 22.6 Å². The van der Waals surface area contributed by atoms with E-state index in [9.17, 15) is 18.0 Å². The molecule has 114 valence electrons. The molecule has 2 rings (SSSR count). The summed E-state index contributed by atoms with van der Waals surface area (Å²) in [7, 11) is -2.91. The van der Waals surface area contributed by atoms with Crippen LogP contribution in [0.3, 0.4) is 0 Å². The predicted octanol–water partition coefficient (Wildman–Crippen LogP) is 1.75. The Morgan fingerprint density at radius 3 is 2.76 bits per heavy atom. The Bertz CT molecular complexity index is 655. The maximum atomic E-state index is 11.8. The molecule has 7 heteroatoms. The van der Waals surface area contributed by atoms with Crippen LogP contribution in [0.4, 0.5) is 5.69 Å². The van der Waals surface area contributed by atoms with Gasteiger partial charge in [-0.3, -0.25) is 9.59 Å². The highest BCUT2D eigenvalue weighted by molar-refractivity contribution is 8.02. The van der Waals surface area contributed by atoms with Crippen molar-refractivity contribution in [3.05, 3.63) is 29.8 Å². The van der Waals surface area contributed by atoms with Gasteiger partial charge in [0.1, 0.15) is 0 Å². The summed E-state index contributed by atoms with van der Waals surface area (Å²) in [5, 5.41) is 2.72.